The van der Waals surface area contributed by atoms with Gasteiger partial charge in [0, 0.05) is 81.6 Å². The molecule has 3 aliphatic rings. The van der Waals surface area contributed by atoms with Crippen molar-refractivity contribution in [2.45, 2.75) is 70.5 Å². The van der Waals surface area contributed by atoms with Crippen molar-refractivity contribution in [2.75, 3.05) is 52.9 Å². The number of fused-ring (bicyclic) bond motifs is 1. The number of alkyl halides is 2. The summed E-state index contributed by atoms with van der Waals surface area (Å²) in [6.07, 6.45) is 4.99. The number of aliphatic carboxylic acids is 1. The number of piperidine rings is 2. The second kappa shape index (κ2) is 15.7. The topological polar surface area (TPSA) is 147 Å². The molecule has 0 bridgehead atoms. The van der Waals surface area contributed by atoms with Gasteiger partial charge in [0.15, 0.2) is 0 Å². The Labute approximate surface area is 242 Å². The Morgan fingerprint density at radius 2 is 1.85 bits per heavy atom. The van der Waals surface area contributed by atoms with Gasteiger partial charge in [-0.2, -0.15) is 0 Å². The summed E-state index contributed by atoms with van der Waals surface area (Å²) < 4.78 is 28.7. The molecule has 0 spiro atoms. The van der Waals surface area contributed by atoms with Crippen molar-refractivity contribution in [1.82, 2.24) is 25.8 Å². The molecule has 3 rings (SSSR count). The van der Waals surface area contributed by atoms with E-state index in [0.29, 0.717) is 44.0 Å². The van der Waals surface area contributed by atoms with Crippen LogP contribution in [-0.2, 0) is 9.59 Å². The van der Waals surface area contributed by atoms with Crippen molar-refractivity contribution in [3.05, 3.63) is 23.3 Å². The zero-order chi connectivity index (χ0) is 30.1. The molecule has 41 heavy (non-hydrogen) atoms. The lowest BCUT2D eigenvalue weighted by atomic mass is 9.76. The number of carboxylic acids is 1. The Balaban J connectivity index is 1.82. The van der Waals surface area contributed by atoms with Crippen LogP contribution in [0.25, 0.3) is 0 Å². The number of carbonyl (C=O) groups is 2. The van der Waals surface area contributed by atoms with Crippen LogP contribution in [0.1, 0.15) is 46.0 Å². The lowest BCUT2D eigenvalue weighted by Gasteiger charge is -2.46. The molecule has 5 unspecified atom stereocenters. The molecule has 12 heteroatoms. The molecule has 2 fully saturated rings. The number of halogens is 2. The summed E-state index contributed by atoms with van der Waals surface area (Å²) in [5.41, 5.74) is 6.60. The normalized spacial score (nSPS) is 24.2. The lowest BCUT2D eigenvalue weighted by molar-refractivity contribution is -0.138. The van der Waals surface area contributed by atoms with Gasteiger partial charge in [0.05, 0.1) is 12.6 Å². The Morgan fingerprint density at radius 3 is 2.41 bits per heavy atom. The molecule has 2 aliphatic heterocycles. The fourth-order valence-electron chi connectivity index (χ4n) is 6.64. The van der Waals surface area contributed by atoms with Gasteiger partial charge in [-0.15, -0.1) is 0 Å². The number of allylic oxidation sites excluding steroid dienone is 1. The molecule has 232 valence electrons. The highest BCUT2D eigenvalue weighted by Crippen LogP contribution is 2.38. The molecule has 1 aliphatic carbocycles. The second-order valence-corrected chi connectivity index (χ2v) is 11.6. The number of amidine groups is 1. The van der Waals surface area contributed by atoms with E-state index in [0.717, 1.165) is 25.7 Å². The molecular weight excluding hydrogens is 532 g/mol. The average molecular weight is 582 g/mol. The van der Waals surface area contributed by atoms with Crippen LogP contribution < -0.4 is 21.7 Å². The number of rotatable bonds is 14. The highest BCUT2D eigenvalue weighted by Gasteiger charge is 2.40. The van der Waals surface area contributed by atoms with Gasteiger partial charge >= 0.3 is 5.97 Å². The van der Waals surface area contributed by atoms with Gasteiger partial charge in [0.1, 0.15) is 5.84 Å². The number of nitrogens with two attached hydrogens (primary N) is 1. The van der Waals surface area contributed by atoms with Crippen LogP contribution in [0, 0.1) is 23.2 Å². The summed E-state index contributed by atoms with van der Waals surface area (Å²) in [5.74, 6) is -1.22. The van der Waals surface area contributed by atoms with Crippen LogP contribution in [0.2, 0.25) is 0 Å². The molecule has 0 aromatic heterocycles. The first-order valence-electron chi connectivity index (χ1n) is 15.0. The number of hydrogen-bond acceptors (Lipinski definition) is 7. The predicted octanol–water partition coefficient (Wildman–Crippen LogP) is 1.64. The predicted molar refractivity (Wildman–Crippen MR) is 156 cm³/mol. The number of nitrogens with zero attached hydrogens (tertiary/aromatic N) is 2. The van der Waals surface area contributed by atoms with Gasteiger partial charge in [-0.3, -0.25) is 19.9 Å². The molecular formula is C29H49F2N7O3. The van der Waals surface area contributed by atoms with E-state index in [1.807, 2.05) is 22.8 Å². The van der Waals surface area contributed by atoms with E-state index in [9.17, 15) is 23.8 Å². The van der Waals surface area contributed by atoms with E-state index in [2.05, 4.69) is 16.0 Å². The molecule has 0 saturated carbocycles. The number of hydrogen-bond donors (Lipinski definition) is 6. The molecule has 2 heterocycles. The Hall–Kier alpha value is -2.41. The molecule has 2 saturated heterocycles. The zero-order valence-electron chi connectivity index (χ0n) is 24.7. The van der Waals surface area contributed by atoms with Crippen LogP contribution in [0.15, 0.2) is 23.3 Å². The van der Waals surface area contributed by atoms with E-state index >= 15 is 0 Å². The summed E-state index contributed by atoms with van der Waals surface area (Å²) in [7, 11) is 1.79. The van der Waals surface area contributed by atoms with Gasteiger partial charge in [0.25, 0.3) is 6.43 Å². The summed E-state index contributed by atoms with van der Waals surface area (Å²) >= 11 is 0. The van der Waals surface area contributed by atoms with E-state index in [-0.39, 0.29) is 67.0 Å². The average Bonchev–Trinajstić information content (AvgIpc) is 2.94. The largest absolute Gasteiger partial charge is 0.480 e. The first-order valence-corrected chi connectivity index (χ1v) is 15.0. The summed E-state index contributed by atoms with van der Waals surface area (Å²) in [6.45, 7) is 6.53. The van der Waals surface area contributed by atoms with Gasteiger partial charge in [0.2, 0.25) is 5.91 Å². The third kappa shape index (κ3) is 8.79. The number of carbonyl (C=O) groups excluding carboxylic acids is 1. The number of carboxylic acid groups (broad SMARTS) is 1. The van der Waals surface area contributed by atoms with E-state index in [1.165, 1.54) is 6.92 Å². The maximum atomic E-state index is 14.4. The SMILES string of the molecule is CCC(NC1CCN(CC(=O)O)CC1)C(CNC(C)=O)C(=N)N1CCCC2C=C(C(CN)CNC)C(C(F)F)=CC21. The highest BCUT2D eigenvalue weighted by molar-refractivity contribution is 5.84. The minimum Gasteiger partial charge on any atom is -0.480 e. The first-order chi connectivity index (χ1) is 19.6. The fraction of sp³-hybridized carbons (Fsp3) is 0.759. The summed E-state index contributed by atoms with van der Waals surface area (Å²) in [4.78, 5) is 26.9. The van der Waals surface area contributed by atoms with Crippen LogP contribution in [0.5, 0.6) is 0 Å². The molecule has 5 atom stereocenters. The number of nitrogens with one attached hydrogen (secondary N) is 4. The van der Waals surface area contributed by atoms with Crippen molar-refractivity contribution in [2.24, 2.45) is 23.5 Å². The highest BCUT2D eigenvalue weighted by atomic mass is 19.3. The van der Waals surface area contributed by atoms with Crippen LogP contribution >= 0.6 is 0 Å². The van der Waals surface area contributed by atoms with Crippen molar-refractivity contribution < 1.29 is 23.5 Å². The number of amides is 1. The summed E-state index contributed by atoms with van der Waals surface area (Å²) in [5, 5.41) is 28.2. The van der Waals surface area contributed by atoms with Crippen LogP contribution in [0.4, 0.5) is 8.78 Å². The Kier molecular flexibility index (Phi) is 12.7. The van der Waals surface area contributed by atoms with Crippen LogP contribution in [-0.4, -0.2) is 110 Å². The van der Waals surface area contributed by atoms with Crippen molar-refractivity contribution >= 4 is 17.7 Å². The van der Waals surface area contributed by atoms with E-state index in [1.54, 1.807) is 13.1 Å². The summed E-state index contributed by atoms with van der Waals surface area (Å²) in [6, 6.07) is -0.303. The molecule has 1 amide bonds. The Morgan fingerprint density at radius 1 is 1.15 bits per heavy atom. The Bertz CT molecular complexity index is 968. The van der Waals surface area contributed by atoms with Crippen molar-refractivity contribution in [3.63, 3.8) is 0 Å². The van der Waals surface area contributed by atoms with Gasteiger partial charge < -0.3 is 31.7 Å². The van der Waals surface area contributed by atoms with E-state index < -0.39 is 12.4 Å². The van der Waals surface area contributed by atoms with Crippen molar-refractivity contribution in [3.8, 4) is 0 Å². The van der Waals surface area contributed by atoms with E-state index in [4.69, 9.17) is 10.8 Å². The van der Waals surface area contributed by atoms with Gasteiger partial charge in [-0.05, 0) is 44.7 Å². The first kappa shape index (κ1) is 33.1. The number of likely N-dealkylation sites (tertiary alicyclic amines) is 2. The van der Waals surface area contributed by atoms with Gasteiger partial charge in [-0.1, -0.05) is 19.1 Å². The third-order valence-electron chi connectivity index (χ3n) is 8.78. The molecule has 7 N–H and O–H groups in total. The maximum absolute atomic E-state index is 14.4. The lowest BCUT2D eigenvalue weighted by Crippen LogP contribution is -2.57. The van der Waals surface area contributed by atoms with Gasteiger partial charge in [-0.25, -0.2) is 8.78 Å². The molecule has 0 aromatic rings. The molecule has 0 aromatic carbocycles. The maximum Gasteiger partial charge on any atom is 0.317 e. The molecule has 0 radical (unpaired) electrons. The smallest absolute Gasteiger partial charge is 0.317 e. The minimum absolute atomic E-state index is 0.000482. The monoisotopic (exact) mass is 581 g/mol. The zero-order valence-corrected chi connectivity index (χ0v) is 24.7. The minimum atomic E-state index is -2.64. The second-order valence-electron chi connectivity index (χ2n) is 11.6. The fourth-order valence-corrected chi connectivity index (χ4v) is 6.64. The quantitative estimate of drug-likeness (QED) is 0.134. The van der Waals surface area contributed by atoms with Crippen molar-refractivity contribution in [1.29, 1.82) is 5.41 Å². The van der Waals surface area contributed by atoms with Crippen LogP contribution in [0.3, 0.4) is 0 Å². The molecule has 10 nitrogen and oxygen atoms in total. The third-order valence-corrected chi connectivity index (χ3v) is 8.78. The standard InChI is InChI=1S/C29H49F2N7O3/c1-4-25(36-21-7-10-37(11-8-21)17-27(40)41)24(16-35-18(2)39)29(33)38-9-5-6-19-12-22(20(14-32)15-34-3)23(28(30)31)13-26(19)38/h12-13,19-21,24-26,28,33-34,36H,4-11,14-17,32H2,1-3H3,(H,35,39)(H,40,41).